The van der Waals surface area contributed by atoms with E-state index in [4.69, 9.17) is 30.6 Å². The molecule has 37 heavy (non-hydrogen) atoms. The summed E-state index contributed by atoms with van der Waals surface area (Å²) in [5, 5.41) is 15.1. The highest BCUT2D eigenvalue weighted by Gasteiger charge is 2.25. The standard InChI is InChI=1S/C27H35ClN2O7/c1-2-34-19-36-23-17-22(31)25-21(26(23)28)16-20(12-8-5-3-4-6-11-15-35-27(25)33)29-37-18-24(32)30-13-9-7-10-14-30/h4,6,8,12,17,31H,2-3,5,7,9-11,13-16,18-19H2,1H3/b6-4+,12-8+,29-20?. The number of piperidine rings is 1. The van der Waals surface area contributed by atoms with Crippen molar-refractivity contribution in [2.75, 3.05) is 39.7 Å². The molecule has 1 fully saturated rings. The van der Waals surface area contributed by atoms with E-state index in [0.29, 0.717) is 18.7 Å². The number of benzene rings is 1. The van der Waals surface area contributed by atoms with Gasteiger partial charge in [-0.1, -0.05) is 35.0 Å². The number of fused-ring (bicyclic) bond motifs is 1. The van der Waals surface area contributed by atoms with Crippen LogP contribution in [-0.2, 0) is 25.5 Å². The number of phenols is 1. The van der Waals surface area contributed by atoms with Crippen molar-refractivity contribution in [1.29, 1.82) is 0 Å². The molecule has 0 atom stereocenters. The number of allylic oxidation sites excluding steroid dienone is 3. The van der Waals surface area contributed by atoms with Gasteiger partial charge in [-0.2, -0.15) is 0 Å². The molecule has 0 unspecified atom stereocenters. The van der Waals surface area contributed by atoms with Crippen molar-refractivity contribution in [3.05, 3.63) is 46.5 Å². The minimum absolute atomic E-state index is 0.0346. The highest BCUT2D eigenvalue weighted by molar-refractivity contribution is 6.33. The fraction of sp³-hybridized carbons (Fsp3) is 0.519. The van der Waals surface area contributed by atoms with Gasteiger partial charge in [0.25, 0.3) is 5.91 Å². The summed E-state index contributed by atoms with van der Waals surface area (Å²) in [5.74, 6) is -0.998. The van der Waals surface area contributed by atoms with Crippen LogP contribution in [0.3, 0.4) is 0 Å². The minimum Gasteiger partial charge on any atom is -0.507 e. The zero-order valence-electron chi connectivity index (χ0n) is 21.2. The van der Waals surface area contributed by atoms with E-state index < -0.39 is 5.97 Å². The molecule has 1 aromatic rings. The summed E-state index contributed by atoms with van der Waals surface area (Å²) < 4.78 is 16.2. The van der Waals surface area contributed by atoms with Crippen molar-refractivity contribution in [1.82, 2.24) is 4.90 Å². The molecule has 1 N–H and O–H groups in total. The Labute approximate surface area is 222 Å². The third kappa shape index (κ3) is 8.79. The van der Waals surface area contributed by atoms with Crippen molar-refractivity contribution in [3.63, 3.8) is 0 Å². The van der Waals surface area contributed by atoms with Gasteiger partial charge in [0.1, 0.15) is 17.1 Å². The summed E-state index contributed by atoms with van der Waals surface area (Å²) in [7, 11) is 0. The number of cyclic esters (lactones) is 1. The molecule has 2 aliphatic heterocycles. The maximum absolute atomic E-state index is 12.9. The number of nitrogens with zero attached hydrogens (tertiary/aromatic N) is 2. The lowest BCUT2D eigenvalue weighted by Crippen LogP contribution is -2.37. The first-order valence-electron chi connectivity index (χ1n) is 12.7. The molecule has 9 nitrogen and oxygen atoms in total. The van der Waals surface area contributed by atoms with Gasteiger partial charge in [-0.15, -0.1) is 0 Å². The lowest BCUT2D eigenvalue weighted by atomic mass is 9.99. The Balaban J connectivity index is 1.90. The molecule has 2 aliphatic rings. The monoisotopic (exact) mass is 534 g/mol. The third-order valence-electron chi connectivity index (χ3n) is 5.94. The van der Waals surface area contributed by atoms with Gasteiger partial charge in [0.05, 0.1) is 17.3 Å². The highest BCUT2D eigenvalue weighted by atomic mass is 35.5. The second-order valence-corrected chi connectivity index (χ2v) is 9.04. The molecule has 0 aliphatic carbocycles. The van der Waals surface area contributed by atoms with E-state index in [1.165, 1.54) is 6.07 Å². The van der Waals surface area contributed by atoms with E-state index in [-0.39, 0.29) is 60.0 Å². The van der Waals surface area contributed by atoms with Crippen LogP contribution in [0, 0.1) is 0 Å². The molecule has 3 rings (SSSR count). The topological polar surface area (TPSA) is 107 Å². The zero-order chi connectivity index (χ0) is 26.5. The van der Waals surface area contributed by atoms with Crippen LogP contribution in [0.25, 0.3) is 0 Å². The Kier molecular flexibility index (Phi) is 11.8. The van der Waals surface area contributed by atoms with Crippen molar-refractivity contribution in [3.8, 4) is 11.5 Å². The second-order valence-electron chi connectivity index (χ2n) is 8.67. The fourth-order valence-corrected chi connectivity index (χ4v) is 4.28. The van der Waals surface area contributed by atoms with Crippen molar-refractivity contribution >= 4 is 29.2 Å². The summed E-state index contributed by atoms with van der Waals surface area (Å²) >= 11 is 6.65. The molecule has 0 radical (unpaired) electrons. The Hall–Kier alpha value is -3.04. The van der Waals surface area contributed by atoms with E-state index in [9.17, 15) is 14.7 Å². The molecule has 2 heterocycles. The number of hydrogen-bond donors (Lipinski definition) is 1. The molecule has 1 saturated heterocycles. The molecule has 1 amide bonds. The van der Waals surface area contributed by atoms with Gasteiger partial charge in [-0.25, -0.2) is 4.79 Å². The number of rotatable bonds is 7. The Morgan fingerprint density at radius 2 is 1.92 bits per heavy atom. The van der Waals surface area contributed by atoms with Gasteiger partial charge in [-0.3, -0.25) is 4.79 Å². The summed E-state index contributed by atoms with van der Waals surface area (Å²) in [4.78, 5) is 32.6. The minimum atomic E-state index is -0.708. The first-order chi connectivity index (χ1) is 18.0. The number of amides is 1. The van der Waals surface area contributed by atoms with Crippen LogP contribution >= 0.6 is 11.6 Å². The van der Waals surface area contributed by atoms with E-state index in [0.717, 1.165) is 45.2 Å². The second kappa shape index (κ2) is 15.3. The maximum Gasteiger partial charge on any atom is 0.342 e. The third-order valence-corrected chi connectivity index (χ3v) is 6.36. The predicted molar refractivity (Wildman–Crippen MR) is 140 cm³/mol. The van der Waals surface area contributed by atoms with Gasteiger partial charge in [0, 0.05) is 32.2 Å². The van der Waals surface area contributed by atoms with Crippen LogP contribution in [0.4, 0.5) is 0 Å². The Morgan fingerprint density at radius 3 is 2.70 bits per heavy atom. The number of carbonyl (C=O) groups excluding carboxylic acids is 2. The van der Waals surface area contributed by atoms with Crippen LogP contribution in [-0.4, -0.2) is 67.3 Å². The number of hydrogen-bond acceptors (Lipinski definition) is 8. The summed E-state index contributed by atoms with van der Waals surface area (Å²) in [6.07, 6.45) is 12.9. The van der Waals surface area contributed by atoms with Crippen LogP contribution in [0.15, 0.2) is 35.5 Å². The van der Waals surface area contributed by atoms with Gasteiger partial charge < -0.3 is 29.1 Å². The van der Waals surface area contributed by atoms with Gasteiger partial charge in [0.2, 0.25) is 0 Å². The largest absolute Gasteiger partial charge is 0.507 e. The number of ether oxygens (including phenoxy) is 3. The number of likely N-dealkylation sites (tertiary alicyclic amines) is 1. The zero-order valence-corrected chi connectivity index (χ0v) is 22.0. The molecular weight excluding hydrogens is 500 g/mol. The Bertz CT molecular complexity index is 1020. The molecule has 0 spiro atoms. The molecule has 0 saturated carbocycles. The number of esters is 1. The van der Waals surface area contributed by atoms with Crippen molar-refractivity contribution in [2.24, 2.45) is 5.16 Å². The van der Waals surface area contributed by atoms with Crippen LogP contribution in [0.2, 0.25) is 5.02 Å². The van der Waals surface area contributed by atoms with E-state index in [2.05, 4.69) is 5.16 Å². The van der Waals surface area contributed by atoms with Crippen molar-refractivity contribution in [2.45, 2.75) is 51.9 Å². The number of phenolic OH excluding ortho intramolecular Hbond substituents is 1. The number of oxime groups is 1. The SMILES string of the molecule is CCOCOc1cc(O)c2c(c1Cl)CC(=NOCC(=O)N1CCCCC1)/C=C/CC/C=C/CCOC2=O. The Morgan fingerprint density at radius 1 is 1.16 bits per heavy atom. The van der Waals surface area contributed by atoms with Crippen LogP contribution in [0.5, 0.6) is 11.5 Å². The molecule has 0 aromatic heterocycles. The first kappa shape index (κ1) is 28.5. The summed E-state index contributed by atoms with van der Waals surface area (Å²) in [6, 6.07) is 1.27. The average molecular weight is 535 g/mol. The van der Waals surface area contributed by atoms with E-state index in [1.807, 2.05) is 25.2 Å². The molecular formula is C27H35ClN2O7. The van der Waals surface area contributed by atoms with Gasteiger partial charge in [0.15, 0.2) is 13.4 Å². The van der Waals surface area contributed by atoms with Gasteiger partial charge >= 0.3 is 5.97 Å². The quantitative estimate of drug-likeness (QED) is 0.176. The average Bonchev–Trinajstić information content (AvgIpc) is 2.90. The van der Waals surface area contributed by atoms with Crippen molar-refractivity contribution < 1.29 is 33.7 Å². The molecule has 202 valence electrons. The normalized spacial score (nSPS) is 19.9. The first-order valence-corrected chi connectivity index (χ1v) is 13.1. The van der Waals surface area contributed by atoms with E-state index >= 15 is 0 Å². The fourth-order valence-electron chi connectivity index (χ4n) is 4.01. The van der Waals surface area contributed by atoms with Gasteiger partial charge in [-0.05, 0) is 57.1 Å². The molecule has 1 aromatic carbocycles. The lowest BCUT2D eigenvalue weighted by molar-refractivity contribution is -0.137. The number of halogens is 1. The smallest absolute Gasteiger partial charge is 0.342 e. The van der Waals surface area contributed by atoms with Crippen LogP contribution in [0.1, 0.15) is 61.4 Å². The maximum atomic E-state index is 12.9. The molecule has 0 bridgehead atoms. The lowest BCUT2D eigenvalue weighted by Gasteiger charge is -2.26. The molecule has 10 heteroatoms. The number of carbonyl (C=O) groups is 2. The highest BCUT2D eigenvalue weighted by Crippen LogP contribution is 2.38. The summed E-state index contributed by atoms with van der Waals surface area (Å²) in [6.45, 7) is 3.60. The van der Waals surface area contributed by atoms with Crippen LogP contribution < -0.4 is 4.74 Å². The number of aromatic hydroxyl groups is 1. The van der Waals surface area contributed by atoms with E-state index in [1.54, 1.807) is 11.0 Å². The predicted octanol–water partition coefficient (Wildman–Crippen LogP) is 4.80. The summed E-state index contributed by atoms with van der Waals surface area (Å²) in [5.41, 5.74) is 0.630.